The van der Waals surface area contributed by atoms with E-state index in [2.05, 4.69) is 0 Å². The van der Waals surface area contributed by atoms with Gasteiger partial charge in [-0.3, -0.25) is 9.59 Å². The van der Waals surface area contributed by atoms with Gasteiger partial charge in [-0.05, 0) is 18.6 Å². The number of likely N-dealkylation sites (tertiary alicyclic amines) is 1. The minimum atomic E-state index is -3.61. The number of carboxylic acid groups (broad SMARTS) is 1. The lowest BCUT2D eigenvalue weighted by Crippen LogP contribution is -2.30. The highest BCUT2D eigenvalue weighted by Gasteiger charge is 2.32. The van der Waals surface area contributed by atoms with Crippen LogP contribution < -0.4 is 0 Å². The van der Waals surface area contributed by atoms with Crippen LogP contribution in [0.25, 0.3) is 0 Å². The first kappa shape index (κ1) is 17.1. The van der Waals surface area contributed by atoms with Crippen LogP contribution in [0, 0.1) is 5.92 Å². The number of benzene rings is 1. The Labute approximate surface area is 137 Å². The summed E-state index contributed by atoms with van der Waals surface area (Å²) in [6, 6.07) is 2.34. The van der Waals surface area contributed by atoms with E-state index in [4.69, 9.17) is 28.3 Å². The van der Waals surface area contributed by atoms with Crippen LogP contribution >= 0.6 is 23.2 Å². The number of carboxylic acids is 1. The second-order valence-corrected chi connectivity index (χ2v) is 7.91. The van der Waals surface area contributed by atoms with E-state index < -0.39 is 27.6 Å². The zero-order chi connectivity index (χ0) is 16.7. The molecule has 1 aliphatic heterocycles. The van der Waals surface area contributed by atoms with Crippen molar-refractivity contribution in [2.75, 3.05) is 19.3 Å². The average molecular weight is 366 g/mol. The third kappa shape index (κ3) is 3.37. The van der Waals surface area contributed by atoms with Gasteiger partial charge in [-0.2, -0.15) is 0 Å². The van der Waals surface area contributed by atoms with Gasteiger partial charge in [-0.15, -0.1) is 0 Å². The standard InChI is InChI=1S/C13H13Cl2NO5S/c1-22(20,21)11-4-8(9(14)5-10(11)15)12(17)16-3-2-7(6-16)13(18)19/h4-5,7H,2-3,6H2,1H3,(H,18,19)/t7-/m0/s1. The molecule has 0 radical (unpaired) electrons. The minimum Gasteiger partial charge on any atom is -0.481 e. The monoisotopic (exact) mass is 365 g/mol. The van der Waals surface area contributed by atoms with Gasteiger partial charge in [0.25, 0.3) is 5.91 Å². The molecule has 0 bridgehead atoms. The molecule has 1 aromatic carbocycles. The second kappa shape index (κ2) is 6.06. The van der Waals surface area contributed by atoms with Crippen molar-refractivity contribution in [1.29, 1.82) is 0 Å². The minimum absolute atomic E-state index is 0.00229. The van der Waals surface area contributed by atoms with Gasteiger partial charge < -0.3 is 10.0 Å². The predicted molar refractivity (Wildman–Crippen MR) is 81.2 cm³/mol. The summed E-state index contributed by atoms with van der Waals surface area (Å²) in [5.74, 6) is -2.09. The maximum Gasteiger partial charge on any atom is 0.308 e. The fraction of sp³-hybridized carbons (Fsp3) is 0.385. The number of rotatable bonds is 3. The van der Waals surface area contributed by atoms with Crippen LogP contribution in [-0.4, -0.2) is 49.6 Å². The van der Waals surface area contributed by atoms with Crippen LogP contribution in [0.15, 0.2) is 17.0 Å². The van der Waals surface area contributed by atoms with Crippen LogP contribution in [0.2, 0.25) is 10.0 Å². The number of hydrogen-bond donors (Lipinski definition) is 1. The summed E-state index contributed by atoms with van der Waals surface area (Å²) in [6.45, 7) is 0.351. The Morgan fingerprint density at radius 2 is 1.91 bits per heavy atom. The number of hydrogen-bond acceptors (Lipinski definition) is 4. The van der Waals surface area contributed by atoms with E-state index in [9.17, 15) is 18.0 Å². The topological polar surface area (TPSA) is 91.8 Å². The van der Waals surface area contributed by atoms with E-state index >= 15 is 0 Å². The molecule has 6 nitrogen and oxygen atoms in total. The smallest absolute Gasteiger partial charge is 0.308 e. The van der Waals surface area contributed by atoms with Gasteiger partial charge in [0.2, 0.25) is 0 Å². The summed E-state index contributed by atoms with van der Waals surface area (Å²) in [5.41, 5.74) is -0.00229. The molecule has 0 aliphatic carbocycles. The van der Waals surface area contributed by atoms with Gasteiger partial charge in [-0.25, -0.2) is 8.42 Å². The maximum absolute atomic E-state index is 12.4. The van der Waals surface area contributed by atoms with Crippen molar-refractivity contribution < 1.29 is 23.1 Å². The molecule has 0 spiro atoms. The molecule has 22 heavy (non-hydrogen) atoms. The molecule has 1 amide bonds. The number of sulfone groups is 1. The summed E-state index contributed by atoms with van der Waals surface area (Å²) in [4.78, 5) is 24.5. The van der Waals surface area contributed by atoms with Gasteiger partial charge in [0, 0.05) is 19.3 Å². The van der Waals surface area contributed by atoms with Crippen molar-refractivity contribution in [1.82, 2.24) is 4.90 Å². The second-order valence-electron chi connectivity index (χ2n) is 5.11. The number of carbonyl (C=O) groups excluding carboxylic acids is 1. The van der Waals surface area contributed by atoms with E-state index in [1.165, 1.54) is 11.0 Å². The molecule has 0 unspecified atom stereocenters. The first-order chi connectivity index (χ1) is 10.1. The third-order valence-corrected chi connectivity index (χ3v) is 5.35. The summed E-state index contributed by atoms with van der Waals surface area (Å²) >= 11 is 11.8. The number of aliphatic carboxylic acids is 1. The zero-order valence-corrected chi connectivity index (χ0v) is 13.9. The molecular formula is C13H13Cl2NO5S. The van der Waals surface area contributed by atoms with Crippen molar-refractivity contribution in [3.8, 4) is 0 Å². The lowest BCUT2D eigenvalue weighted by Gasteiger charge is -2.17. The van der Waals surface area contributed by atoms with E-state index in [-0.39, 0.29) is 33.6 Å². The predicted octanol–water partition coefficient (Wildman–Crippen LogP) is 1.94. The first-order valence-electron chi connectivity index (χ1n) is 6.32. The first-order valence-corrected chi connectivity index (χ1v) is 8.97. The van der Waals surface area contributed by atoms with Gasteiger partial charge in [0.15, 0.2) is 9.84 Å². The molecular weight excluding hydrogens is 353 g/mol. The van der Waals surface area contributed by atoms with Crippen LogP contribution in [0.1, 0.15) is 16.8 Å². The van der Waals surface area contributed by atoms with Crippen molar-refractivity contribution in [2.45, 2.75) is 11.3 Å². The molecule has 1 aliphatic rings. The molecule has 0 aromatic heterocycles. The highest BCUT2D eigenvalue weighted by Crippen LogP contribution is 2.30. The van der Waals surface area contributed by atoms with Crippen LogP contribution in [-0.2, 0) is 14.6 Å². The molecule has 1 N–H and O–H groups in total. The SMILES string of the molecule is CS(=O)(=O)c1cc(C(=O)N2CC[C@H](C(=O)O)C2)c(Cl)cc1Cl. The number of halogens is 2. The molecule has 1 saturated heterocycles. The number of amides is 1. The molecule has 9 heteroatoms. The van der Waals surface area contributed by atoms with Gasteiger partial charge in [0.1, 0.15) is 0 Å². The third-order valence-electron chi connectivity index (χ3n) is 3.48. The lowest BCUT2D eigenvalue weighted by molar-refractivity contribution is -0.141. The fourth-order valence-corrected chi connectivity index (χ4v) is 3.92. The largest absolute Gasteiger partial charge is 0.481 e. The van der Waals surface area contributed by atoms with Crippen molar-refractivity contribution in [2.24, 2.45) is 5.92 Å². The molecule has 1 aromatic rings. The van der Waals surface area contributed by atoms with Crippen LogP contribution in [0.3, 0.4) is 0 Å². The normalized spacial score (nSPS) is 18.5. The fourth-order valence-electron chi connectivity index (χ4n) is 2.29. The Bertz CT molecular complexity index is 747. The summed E-state index contributed by atoms with van der Waals surface area (Å²) in [7, 11) is -3.61. The molecule has 1 heterocycles. The number of carbonyl (C=O) groups is 2. The highest BCUT2D eigenvalue weighted by molar-refractivity contribution is 7.90. The van der Waals surface area contributed by atoms with Gasteiger partial charge in [0.05, 0.1) is 26.4 Å². The van der Waals surface area contributed by atoms with E-state index in [0.717, 1.165) is 12.3 Å². The van der Waals surface area contributed by atoms with E-state index in [1.54, 1.807) is 0 Å². The maximum atomic E-state index is 12.4. The lowest BCUT2D eigenvalue weighted by atomic mass is 10.1. The molecule has 1 fully saturated rings. The summed E-state index contributed by atoms with van der Waals surface area (Å²) in [5, 5.41) is 8.93. The Morgan fingerprint density at radius 3 is 2.41 bits per heavy atom. The van der Waals surface area contributed by atoms with Crippen LogP contribution in [0.4, 0.5) is 0 Å². The Morgan fingerprint density at radius 1 is 1.27 bits per heavy atom. The highest BCUT2D eigenvalue weighted by atomic mass is 35.5. The average Bonchev–Trinajstić information content (AvgIpc) is 2.86. The molecule has 120 valence electrons. The van der Waals surface area contributed by atoms with Gasteiger partial charge in [-0.1, -0.05) is 23.2 Å². The van der Waals surface area contributed by atoms with Gasteiger partial charge >= 0.3 is 5.97 Å². The summed E-state index contributed by atoms with van der Waals surface area (Å²) in [6.07, 6.45) is 1.33. The molecule has 1 atom stereocenters. The van der Waals surface area contributed by atoms with Crippen LogP contribution in [0.5, 0.6) is 0 Å². The van der Waals surface area contributed by atoms with E-state index in [1.807, 2.05) is 0 Å². The van der Waals surface area contributed by atoms with Crippen molar-refractivity contribution in [3.05, 3.63) is 27.7 Å². The summed E-state index contributed by atoms with van der Waals surface area (Å²) < 4.78 is 23.3. The Hall–Kier alpha value is -1.31. The molecule has 0 saturated carbocycles. The van der Waals surface area contributed by atoms with E-state index in [0.29, 0.717) is 6.42 Å². The Kier molecular flexibility index (Phi) is 4.70. The number of nitrogens with zero attached hydrogens (tertiary/aromatic N) is 1. The molecule has 2 rings (SSSR count). The zero-order valence-electron chi connectivity index (χ0n) is 11.5. The van der Waals surface area contributed by atoms with Crippen molar-refractivity contribution >= 4 is 44.9 Å². The van der Waals surface area contributed by atoms with Crippen molar-refractivity contribution in [3.63, 3.8) is 0 Å². The Balaban J connectivity index is 2.37. The quantitative estimate of drug-likeness (QED) is 0.883.